The topological polar surface area (TPSA) is 34.7 Å². The minimum Gasteiger partial charge on any atom is -0.541 e. The monoisotopic (exact) mass is 286 g/mol. The van der Waals surface area contributed by atoms with Crippen molar-refractivity contribution >= 4 is 20.9 Å². The minimum atomic E-state index is -0.792. The van der Waals surface area contributed by atoms with Crippen molar-refractivity contribution in [3.05, 3.63) is 47.4 Å². The van der Waals surface area contributed by atoms with Crippen LogP contribution in [0.3, 0.4) is 0 Å². The number of nitrogens with zero attached hydrogens (tertiary/aromatic N) is 1. The molecule has 0 fully saturated rings. The Kier molecular flexibility index (Phi) is 4.79. The zero-order valence-corrected chi connectivity index (χ0v) is 13.4. The molecule has 1 aromatic carbocycles. The van der Waals surface area contributed by atoms with E-state index in [9.17, 15) is 0 Å². The highest BCUT2D eigenvalue weighted by Gasteiger charge is 2.06. The van der Waals surface area contributed by atoms with Crippen molar-refractivity contribution in [1.82, 2.24) is 0 Å². The van der Waals surface area contributed by atoms with Crippen molar-refractivity contribution in [2.75, 3.05) is 0 Å². The predicted molar refractivity (Wildman–Crippen MR) is 84.6 cm³/mol. The third-order valence-electron chi connectivity index (χ3n) is 2.90. The van der Waals surface area contributed by atoms with Crippen LogP contribution in [0.2, 0.25) is 13.1 Å². The van der Waals surface area contributed by atoms with Crippen LogP contribution in [0, 0.1) is 13.8 Å². The summed E-state index contributed by atoms with van der Waals surface area (Å²) >= 11 is 0. The number of furan rings is 1. The molecule has 1 aromatic heterocycles. The number of hydrogen-bond acceptors (Lipinski definition) is 3. The summed E-state index contributed by atoms with van der Waals surface area (Å²) in [6.45, 7) is 8.33. The fraction of sp³-hybridized carbons (Fsp3) is 0.312. The Hall–Kier alpha value is -1.81. The first-order chi connectivity index (χ1) is 9.56. The van der Waals surface area contributed by atoms with Crippen LogP contribution in [0.25, 0.3) is 0 Å². The van der Waals surface area contributed by atoms with Crippen LogP contribution >= 0.6 is 0 Å². The predicted octanol–water partition coefficient (Wildman–Crippen LogP) is 4.47. The first-order valence-corrected chi connectivity index (χ1v) is 9.11. The summed E-state index contributed by atoms with van der Waals surface area (Å²) in [4.78, 5) is 4.52. The van der Waals surface area contributed by atoms with Gasteiger partial charge in [-0.25, -0.2) is 0 Å². The fourth-order valence-corrected chi connectivity index (χ4v) is 2.47. The summed E-state index contributed by atoms with van der Waals surface area (Å²) in [6.07, 6.45) is 4.28. The third kappa shape index (κ3) is 3.84. The van der Waals surface area contributed by atoms with Gasteiger partial charge in [-0.2, -0.15) is 0 Å². The zero-order valence-electron chi connectivity index (χ0n) is 12.4. The molecule has 0 unspecified atom stereocenters. The number of aliphatic imine (C=N–C) groups is 1. The zero-order chi connectivity index (χ0) is 14.5. The number of benzene rings is 1. The Morgan fingerprint density at radius 1 is 1.25 bits per heavy atom. The van der Waals surface area contributed by atoms with Gasteiger partial charge in [-0.15, -0.1) is 0 Å². The second kappa shape index (κ2) is 6.57. The van der Waals surface area contributed by atoms with Crippen molar-refractivity contribution in [3.8, 4) is 5.75 Å². The second-order valence-corrected chi connectivity index (χ2v) is 7.04. The van der Waals surface area contributed by atoms with E-state index in [1.54, 1.807) is 6.26 Å². The maximum Gasteiger partial charge on any atom is 0.274 e. The van der Waals surface area contributed by atoms with E-state index in [1.807, 2.05) is 31.3 Å². The summed E-state index contributed by atoms with van der Waals surface area (Å²) in [5, 5.41) is 0. The molecule has 3 nitrogen and oxygen atoms in total. The van der Waals surface area contributed by atoms with Gasteiger partial charge in [0.05, 0.1) is 6.26 Å². The number of rotatable bonds is 5. The van der Waals surface area contributed by atoms with E-state index < -0.39 is 9.04 Å². The highest BCUT2D eigenvalue weighted by molar-refractivity contribution is 6.49. The molecule has 105 valence electrons. The van der Waals surface area contributed by atoms with Gasteiger partial charge in [0.1, 0.15) is 17.2 Å². The Morgan fingerprint density at radius 3 is 2.70 bits per heavy atom. The van der Waals surface area contributed by atoms with Crippen LogP contribution in [-0.2, 0) is 6.42 Å². The molecule has 20 heavy (non-hydrogen) atoms. The fourth-order valence-electron chi connectivity index (χ4n) is 1.87. The van der Waals surface area contributed by atoms with E-state index in [-0.39, 0.29) is 0 Å². The van der Waals surface area contributed by atoms with E-state index in [0.29, 0.717) is 6.42 Å². The standard InChI is InChI=1S/C16H20NO2Si/c1-12-5-6-14(16(11-12)19-20(3)4)17-9-7-15-13(2)8-10-18-15/h5-6,8-11H,7H2,1-4H3. The van der Waals surface area contributed by atoms with Crippen LogP contribution in [0.5, 0.6) is 5.75 Å². The molecule has 0 amide bonds. The lowest BCUT2D eigenvalue weighted by Gasteiger charge is -2.11. The molecule has 2 aromatic rings. The number of aryl methyl sites for hydroxylation is 2. The molecule has 0 aliphatic carbocycles. The molecule has 0 saturated carbocycles. The summed E-state index contributed by atoms with van der Waals surface area (Å²) < 4.78 is 11.3. The number of hydrogen-bond donors (Lipinski definition) is 0. The van der Waals surface area contributed by atoms with E-state index >= 15 is 0 Å². The van der Waals surface area contributed by atoms with Crippen molar-refractivity contribution in [2.24, 2.45) is 4.99 Å². The van der Waals surface area contributed by atoms with Crippen LogP contribution in [0.15, 0.2) is 39.9 Å². The highest BCUT2D eigenvalue weighted by atomic mass is 28.3. The van der Waals surface area contributed by atoms with E-state index in [0.717, 1.165) is 22.8 Å². The lowest BCUT2D eigenvalue weighted by molar-refractivity contribution is 0.525. The van der Waals surface area contributed by atoms with Gasteiger partial charge in [0.15, 0.2) is 0 Å². The molecule has 1 radical (unpaired) electrons. The van der Waals surface area contributed by atoms with E-state index in [2.05, 4.69) is 31.1 Å². The average Bonchev–Trinajstić information content (AvgIpc) is 2.77. The molecule has 0 spiro atoms. The second-order valence-electron chi connectivity index (χ2n) is 5.02. The van der Waals surface area contributed by atoms with Crippen molar-refractivity contribution < 1.29 is 8.84 Å². The smallest absolute Gasteiger partial charge is 0.274 e. The van der Waals surface area contributed by atoms with Gasteiger partial charge in [0.2, 0.25) is 0 Å². The summed E-state index contributed by atoms with van der Waals surface area (Å²) in [6, 6.07) is 8.06. The lowest BCUT2D eigenvalue weighted by Crippen LogP contribution is -2.11. The quantitative estimate of drug-likeness (QED) is 0.600. The molecule has 2 rings (SSSR count). The Morgan fingerprint density at radius 2 is 2.05 bits per heavy atom. The van der Waals surface area contributed by atoms with Crippen molar-refractivity contribution in [2.45, 2.75) is 33.4 Å². The molecule has 0 aliphatic heterocycles. The summed E-state index contributed by atoms with van der Waals surface area (Å²) in [5.41, 5.74) is 3.22. The maximum absolute atomic E-state index is 5.90. The normalized spacial score (nSPS) is 11.4. The first kappa shape index (κ1) is 14.6. The highest BCUT2D eigenvalue weighted by Crippen LogP contribution is 2.29. The van der Waals surface area contributed by atoms with Gasteiger partial charge in [-0.05, 0) is 56.3 Å². The van der Waals surface area contributed by atoms with Gasteiger partial charge in [-0.3, -0.25) is 4.99 Å². The van der Waals surface area contributed by atoms with Crippen LogP contribution < -0.4 is 4.43 Å². The largest absolute Gasteiger partial charge is 0.541 e. The molecular weight excluding hydrogens is 266 g/mol. The van der Waals surface area contributed by atoms with Gasteiger partial charge < -0.3 is 8.84 Å². The van der Waals surface area contributed by atoms with E-state index in [4.69, 9.17) is 8.84 Å². The molecule has 0 N–H and O–H groups in total. The van der Waals surface area contributed by atoms with Crippen LogP contribution in [0.1, 0.15) is 16.9 Å². The van der Waals surface area contributed by atoms with Gasteiger partial charge in [0.25, 0.3) is 9.04 Å². The van der Waals surface area contributed by atoms with Crippen molar-refractivity contribution in [3.63, 3.8) is 0 Å². The molecule has 0 aliphatic rings. The third-order valence-corrected chi connectivity index (χ3v) is 3.53. The average molecular weight is 286 g/mol. The van der Waals surface area contributed by atoms with Gasteiger partial charge >= 0.3 is 0 Å². The molecule has 4 heteroatoms. The Labute approximate surface area is 122 Å². The minimum absolute atomic E-state index is 0.697. The molecule has 0 bridgehead atoms. The molecule has 0 saturated heterocycles. The SMILES string of the molecule is Cc1ccc(N=CCc2occc2C)c(O[Si](C)C)c1. The Bertz CT molecular complexity index is 602. The van der Waals surface area contributed by atoms with Crippen LogP contribution in [0.4, 0.5) is 5.69 Å². The van der Waals surface area contributed by atoms with Crippen LogP contribution in [-0.4, -0.2) is 15.3 Å². The van der Waals surface area contributed by atoms with E-state index in [1.165, 1.54) is 5.56 Å². The van der Waals surface area contributed by atoms with Gasteiger partial charge in [0, 0.05) is 12.6 Å². The van der Waals surface area contributed by atoms with Gasteiger partial charge in [-0.1, -0.05) is 6.07 Å². The summed E-state index contributed by atoms with van der Waals surface area (Å²) in [7, 11) is -0.792. The first-order valence-electron chi connectivity index (χ1n) is 6.70. The maximum atomic E-state index is 5.90. The van der Waals surface area contributed by atoms with Crippen molar-refractivity contribution in [1.29, 1.82) is 0 Å². The lowest BCUT2D eigenvalue weighted by atomic mass is 10.2. The molecule has 1 heterocycles. The molecule has 0 atom stereocenters. The molecular formula is C16H20NO2Si. The summed E-state index contributed by atoms with van der Waals surface area (Å²) in [5.74, 6) is 1.83. The Balaban J connectivity index is 2.14.